The summed E-state index contributed by atoms with van der Waals surface area (Å²) in [5.74, 6) is 1.30. The van der Waals surface area contributed by atoms with Gasteiger partial charge in [-0.05, 0) is 57.0 Å². The van der Waals surface area contributed by atoms with Gasteiger partial charge in [0, 0.05) is 5.56 Å². The van der Waals surface area contributed by atoms with Crippen molar-refractivity contribution in [3.8, 4) is 11.5 Å². The van der Waals surface area contributed by atoms with Gasteiger partial charge in [-0.15, -0.1) is 0 Å². The zero-order valence-electron chi connectivity index (χ0n) is 14.9. The van der Waals surface area contributed by atoms with E-state index in [1.54, 1.807) is 14.0 Å². The predicted octanol–water partition coefficient (Wildman–Crippen LogP) is 3.96. The Morgan fingerprint density at radius 3 is 2.42 bits per heavy atom. The van der Waals surface area contributed by atoms with E-state index in [1.807, 2.05) is 63.2 Å². The molecule has 2 aromatic rings. The molecule has 2 aromatic carbocycles. The molecule has 1 amide bonds. The van der Waals surface area contributed by atoms with Crippen LogP contribution in [-0.2, 0) is 4.79 Å². The molecule has 2 atom stereocenters. The summed E-state index contributed by atoms with van der Waals surface area (Å²) in [6.07, 6.45) is -0.579. The summed E-state index contributed by atoms with van der Waals surface area (Å²) >= 11 is 0. The van der Waals surface area contributed by atoms with Crippen molar-refractivity contribution in [1.82, 2.24) is 5.32 Å². The third-order valence-corrected chi connectivity index (χ3v) is 4.12. The van der Waals surface area contributed by atoms with Crippen LogP contribution >= 0.6 is 0 Å². The molecular formula is C20H25NO3. The Balaban J connectivity index is 2.01. The first-order valence-electron chi connectivity index (χ1n) is 8.09. The molecule has 0 saturated carbocycles. The standard InChI is InChI=1S/C20H25NO3/c1-13-10-11-17(12-14(13)2)24-16(4)20(22)21-15(3)18-8-6-7-9-19(18)23-5/h6-12,15-16H,1-5H3,(H,21,22)/t15-,16-/m1/s1. The molecule has 0 spiro atoms. The number of hydrogen-bond acceptors (Lipinski definition) is 3. The Morgan fingerprint density at radius 1 is 1.04 bits per heavy atom. The Kier molecular flexibility index (Phi) is 5.85. The molecule has 2 rings (SSSR count). The van der Waals surface area contributed by atoms with Crippen molar-refractivity contribution < 1.29 is 14.3 Å². The summed E-state index contributed by atoms with van der Waals surface area (Å²) in [5, 5.41) is 2.97. The number of benzene rings is 2. The number of aryl methyl sites for hydroxylation is 2. The van der Waals surface area contributed by atoms with Crippen molar-refractivity contribution in [3.05, 3.63) is 59.2 Å². The number of nitrogens with one attached hydrogen (secondary N) is 1. The van der Waals surface area contributed by atoms with Crippen molar-refractivity contribution in [2.75, 3.05) is 7.11 Å². The number of rotatable bonds is 6. The maximum absolute atomic E-state index is 12.4. The molecule has 128 valence electrons. The zero-order chi connectivity index (χ0) is 17.7. The summed E-state index contributed by atoms with van der Waals surface area (Å²) < 4.78 is 11.1. The maximum Gasteiger partial charge on any atom is 0.261 e. The van der Waals surface area contributed by atoms with E-state index >= 15 is 0 Å². The van der Waals surface area contributed by atoms with Crippen molar-refractivity contribution in [2.24, 2.45) is 0 Å². The summed E-state index contributed by atoms with van der Waals surface area (Å²) in [6, 6.07) is 13.3. The molecule has 0 radical (unpaired) electrons. The molecule has 1 N–H and O–H groups in total. The largest absolute Gasteiger partial charge is 0.496 e. The fraction of sp³-hybridized carbons (Fsp3) is 0.350. The van der Waals surface area contributed by atoms with Gasteiger partial charge in [-0.3, -0.25) is 4.79 Å². The van der Waals surface area contributed by atoms with Crippen LogP contribution < -0.4 is 14.8 Å². The van der Waals surface area contributed by atoms with E-state index in [0.717, 1.165) is 16.9 Å². The summed E-state index contributed by atoms with van der Waals surface area (Å²) in [6.45, 7) is 7.75. The normalized spacial score (nSPS) is 13.0. The van der Waals surface area contributed by atoms with Gasteiger partial charge < -0.3 is 14.8 Å². The monoisotopic (exact) mass is 327 g/mol. The maximum atomic E-state index is 12.4. The van der Waals surface area contributed by atoms with Crippen molar-refractivity contribution >= 4 is 5.91 Å². The molecule has 0 aliphatic carbocycles. The van der Waals surface area contributed by atoms with Gasteiger partial charge in [0.25, 0.3) is 5.91 Å². The van der Waals surface area contributed by atoms with Crippen LogP contribution in [0.15, 0.2) is 42.5 Å². The highest BCUT2D eigenvalue weighted by Gasteiger charge is 2.19. The predicted molar refractivity (Wildman–Crippen MR) is 95.6 cm³/mol. The number of carbonyl (C=O) groups is 1. The lowest BCUT2D eigenvalue weighted by molar-refractivity contribution is -0.127. The SMILES string of the molecule is COc1ccccc1[C@@H](C)NC(=O)[C@@H](C)Oc1ccc(C)c(C)c1. The molecule has 0 fully saturated rings. The van der Waals surface area contributed by atoms with Crippen molar-refractivity contribution in [3.63, 3.8) is 0 Å². The highest BCUT2D eigenvalue weighted by molar-refractivity contribution is 5.81. The first-order valence-corrected chi connectivity index (χ1v) is 8.09. The summed E-state index contributed by atoms with van der Waals surface area (Å²) in [4.78, 5) is 12.4. The molecule has 0 aromatic heterocycles. The average molecular weight is 327 g/mol. The van der Waals surface area contributed by atoms with Crippen LogP contribution in [0.1, 0.15) is 36.6 Å². The average Bonchev–Trinajstić information content (AvgIpc) is 2.57. The minimum Gasteiger partial charge on any atom is -0.496 e. The third-order valence-electron chi connectivity index (χ3n) is 4.12. The lowest BCUT2D eigenvalue weighted by Gasteiger charge is -2.20. The quantitative estimate of drug-likeness (QED) is 0.874. The lowest BCUT2D eigenvalue weighted by Crippen LogP contribution is -2.37. The second kappa shape index (κ2) is 7.86. The minimum atomic E-state index is -0.579. The molecule has 4 heteroatoms. The Hall–Kier alpha value is -2.49. The smallest absolute Gasteiger partial charge is 0.261 e. The van der Waals surface area contributed by atoms with E-state index in [2.05, 4.69) is 5.32 Å². The molecule has 0 heterocycles. The van der Waals surface area contributed by atoms with Gasteiger partial charge in [0.15, 0.2) is 6.10 Å². The Bertz CT molecular complexity index is 712. The second-order valence-corrected chi connectivity index (χ2v) is 5.98. The first kappa shape index (κ1) is 17.9. The highest BCUT2D eigenvalue weighted by atomic mass is 16.5. The molecule has 4 nitrogen and oxygen atoms in total. The molecular weight excluding hydrogens is 302 g/mol. The molecule has 24 heavy (non-hydrogen) atoms. The van der Waals surface area contributed by atoms with Crippen LogP contribution in [0.25, 0.3) is 0 Å². The van der Waals surface area contributed by atoms with Crippen molar-refractivity contribution in [1.29, 1.82) is 0 Å². The van der Waals surface area contributed by atoms with Gasteiger partial charge in [-0.25, -0.2) is 0 Å². The van der Waals surface area contributed by atoms with E-state index in [0.29, 0.717) is 5.75 Å². The van der Waals surface area contributed by atoms with Gasteiger partial charge in [0.05, 0.1) is 13.2 Å². The Labute approximate surface area is 143 Å². The van der Waals surface area contributed by atoms with E-state index < -0.39 is 6.10 Å². The van der Waals surface area contributed by atoms with Crippen LogP contribution in [0.2, 0.25) is 0 Å². The number of ether oxygens (including phenoxy) is 2. The molecule has 0 aliphatic heterocycles. The van der Waals surface area contributed by atoms with E-state index in [9.17, 15) is 4.79 Å². The van der Waals surface area contributed by atoms with Gasteiger partial charge >= 0.3 is 0 Å². The van der Waals surface area contributed by atoms with E-state index in [4.69, 9.17) is 9.47 Å². The summed E-state index contributed by atoms with van der Waals surface area (Å²) in [5.41, 5.74) is 3.28. The molecule has 0 saturated heterocycles. The molecule has 0 aliphatic rings. The summed E-state index contributed by atoms with van der Waals surface area (Å²) in [7, 11) is 1.62. The van der Waals surface area contributed by atoms with Crippen LogP contribution in [0.4, 0.5) is 0 Å². The van der Waals surface area contributed by atoms with Crippen LogP contribution in [0.3, 0.4) is 0 Å². The topological polar surface area (TPSA) is 47.6 Å². The Morgan fingerprint density at radius 2 is 1.75 bits per heavy atom. The fourth-order valence-electron chi connectivity index (χ4n) is 2.48. The lowest BCUT2D eigenvalue weighted by atomic mass is 10.1. The van der Waals surface area contributed by atoms with Crippen LogP contribution in [0, 0.1) is 13.8 Å². The first-order chi connectivity index (χ1) is 11.4. The number of hydrogen-bond donors (Lipinski definition) is 1. The number of carbonyl (C=O) groups excluding carboxylic acids is 1. The third kappa shape index (κ3) is 4.28. The van der Waals surface area contributed by atoms with Gasteiger partial charge in [0.2, 0.25) is 0 Å². The second-order valence-electron chi connectivity index (χ2n) is 5.98. The molecule has 0 unspecified atom stereocenters. The van der Waals surface area contributed by atoms with Crippen LogP contribution in [0.5, 0.6) is 11.5 Å². The zero-order valence-corrected chi connectivity index (χ0v) is 14.9. The van der Waals surface area contributed by atoms with Gasteiger partial charge in [-0.1, -0.05) is 24.3 Å². The fourth-order valence-corrected chi connectivity index (χ4v) is 2.48. The number of amides is 1. The van der Waals surface area contributed by atoms with Crippen LogP contribution in [-0.4, -0.2) is 19.1 Å². The number of methoxy groups -OCH3 is 1. The number of para-hydroxylation sites is 1. The van der Waals surface area contributed by atoms with E-state index in [1.165, 1.54) is 5.56 Å². The highest BCUT2D eigenvalue weighted by Crippen LogP contribution is 2.24. The minimum absolute atomic E-state index is 0.161. The van der Waals surface area contributed by atoms with E-state index in [-0.39, 0.29) is 11.9 Å². The van der Waals surface area contributed by atoms with Crippen molar-refractivity contribution in [2.45, 2.75) is 39.8 Å². The van der Waals surface area contributed by atoms with Gasteiger partial charge in [-0.2, -0.15) is 0 Å². The molecule has 0 bridgehead atoms. The van der Waals surface area contributed by atoms with Gasteiger partial charge in [0.1, 0.15) is 11.5 Å².